The quantitative estimate of drug-likeness (QED) is 0.0262. The van der Waals surface area contributed by atoms with Crippen molar-refractivity contribution in [1.29, 1.82) is 0 Å². The zero-order chi connectivity index (χ0) is 50.0. The van der Waals surface area contributed by atoms with E-state index in [2.05, 4.69) is 81.5 Å². The third kappa shape index (κ3) is 55.9. The normalized spacial score (nSPS) is 12.4. The number of carbonyl (C=O) groups excluding carboxylic acids is 3. The molecule has 400 valence electrons. The van der Waals surface area contributed by atoms with Crippen LogP contribution in [0.5, 0.6) is 0 Å². The van der Waals surface area contributed by atoms with Gasteiger partial charge in [-0.2, -0.15) is 0 Å². The summed E-state index contributed by atoms with van der Waals surface area (Å²) in [5, 5.41) is 0. The molecular weight excluding hydrogens is 853 g/mol. The molecule has 0 spiro atoms. The lowest BCUT2D eigenvalue weighted by Gasteiger charge is -2.18. The monoisotopic (exact) mass is 965 g/mol. The average Bonchev–Trinajstić information content (AvgIpc) is 3.35. The van der Waals surface area contributed by atoms with Gasteiger partial charge in [-0.1, -0.05) is 261 Å². The summed E-state index contributed by atoms with van der Waals surface area (Å²) in [5.41, 5.74) is 0. The summed E-state index contributed by atoms with van der Waals surface area (Å²) in [5.74, 6) is -0.875. The average molecular weight is 966 g/mol. The van der Waals surface area contributed by atoms with Gasteiger partial charge in [-0.25, -0.2) is 0 Å². The number of carbonyl (C=O) groups is 3. The van der Waals surface area contributed by atoms with E-state index in [1.165, 1.54) is 173 Å². The van der Waals surface area contributed by atoms with Crippen LogP contribution in [0.4, 0.5) is 0 Å². The summed E-state index contributed by atoms with van der Waals surface area (Å²) in [4.78, 5) is 38.2. The summed E-state index contributed by atoms with van der Waals surface area (Å²) in [7, 11) is 0. The molecule has 0 aromatic rings. The van der Waals surface area contributed by atoms with Crippen molar-refractivity contribution in [1.82, 2.24) is 0 Å². The van der Waals surface area contributed by atoms with Gasteiger partial charge in [-0.15, -0.1) is 0 Å². The van der Waals surface area contributed by atoms with Crippen LogP contribution in [0.25, 0.3) is 0 Å². The van der Waals surface area contributed by atoms with Gasteiger partial charge in [0.05, 0.1) is 0 Å². The number of unbranched alkanes of at least 4 members (excludes halogenated alkanes) is 33. The predicted molar refractivity (Wildman–Crippen MR) is 298 cm³/mol. The van der Waals surface area contributed by atoms with Gasteiger partial charge >= 0.3 is 17.9 Å². The van der Waals surface area contributed by atoms with Crippen LogP contribution in [-0.4, -0.2) is 37.2 Å². The van der Waals surface area contributed by atoms with Crippen molar-refractivity contribution in [2.24, 2.45) is 0 Å². The van der Waals surface area contributed by atoms with Crippen LogP contribution >= 0.6 is 0 Å². The Morgan fingerprint density at radius 1 is 0.304 bits per heavy atom. The summed E-state index contributed by atoms with van der Waals surface area (Å²) in [6.45, 7) is 6.53. The summed E-state index contributed by atoms with van der Waals surface area (Å²) >= 11 is 0. The zero-order valence-corrected chi connectivity index (χ0v) is 45.8. The molecule has 0 aliphatic heterocycles. The Kier molecular flexibility index (Phi) is 55.3. The molecule has 0 amide bonds. The fourth-order valence-corrected chi connectivity index (χ4v) is 8.55. The van der Waals surface area contributed by atoms with Gasteiger partial charge in [0.2, 0.25) is 0 Å². The van der Waals surface area contributed by atoms with Crippen LogP contribution in [0, 0.1) is 0 Å². The second kappa shape index (κ2) is 57.7. The van der Waals surface area contributed by atoms with Gasteiger partial charge in [0, 0.05) is 19.3 Å². The van der Waals surface area contributed by atoms with E-state index in [0.29, 0.717) is 19.3 Å². The Morgan fingerprint density at radius 3 is 0.928 bits per heavy atom. The molecule has 0 bridgehead atoms. The minimum Gasteiger partial charge on any atom is -0.462 e. The number of ether oxygens (including phenoxy) is 3. The van der Waals surface area contributed by atoms with E-state index in [4.69, 9.17) is 14.2 Å². The van der Waals surface area contributed by atoms with Gasteiger partial charge in [0.25, 0.3) is 0 Å². The smallest absolute Gasteiger partial charge is 0.306 e. The molecule has 0 fully saturated rings. The van der Waals surface area contributed by atoms with Crippen LogP contribution in [0.1, 0.15) is 303 Å². The number of allylic oxidation sites excluding steroid dienone is 10. The molecule has 6 nitrogen and oxygen atoms in total. The first-order valence-electron chi connectivity index (χ1n) is 29.8. The van der Waals surface area contributed by atoms with Crippen LogP contribution in [0.15, 0.2) is 60.8 Å². The minimum atomic E-state index is -0.777. The first-order chi connectivity index (χ1) is 34.0. The van der Waals surface area contributed by atoms with Gasteiger partial charge in [-0.3, -0.25) is 14.4 Å². The van der Waals surface area contributed by atoms with E-state index < -0.39 is 6.10 Å². The molecule has 0 saturated heterocycles. The van der Waals surface area contributed by atoms with Crippen LogP contribution in [0.3, 0.4) is 0 Å². The molecule has 6 heteroatoms. The van der Waals surface area contributed by atoms with Crippen molar-refractivity contribution in [3.63, 3.8) is 0 Å². The molecule has 1 unspecified atom stereocenters. The molecular formula is C63H112O6. The lowest BCUT2D eigenvalue weighted by Crippen LogP contribution is -2.30. The molecule has 0 N–H and O–H groups in total. The molecule has 0 radical (unpaired) electrons. The first-order valence-corrected chi connectivity index (χ1v) is 29.8. The molecule has 0 aromatic carbocycles. The van der Waals surface area contributed by atoms with Crippen LogP contribution in [-0.2, 0) is 28.6 Å². The molecule has 69 heavy (non-hydrogen) atoms. The summed E-state index contributed by atoms with van der Waals surface area (Å²) in [6, 6.07) is 0. The van der Waals surface area contributed by atoms with Gasteiger partial charge in [0.1, 0.15) is 13.2 Å². The van der Waals surface area contributed by atoms with Gasteiger partial charge in [-0.05, 0) is 83.5 Å². The Hall–Kier alpha value is -2.89. The van der Waals surface area contributed by atoms with E-state index in [1.807, 2.05) is 0 Å². The van der Waals surface area contributed by atoms with Crippen molar-refractivity contribution in [3.05, 3.63) is 60.8 Å². The largest absolute Gasteiger partial charge is 0.462 e. The molecule has 0 aliphatic carbocycles. The van der Waals surface area contributed by atoms with E-state index in [0.717, 1.165) is 89.9 Å². The second-order valence-electron chi connectivity index (χ2n) is 19.9. The Labute approximate surface area is 428 Å². The van der Waals surface area contributed by atoms with Crippen molar-refractivity contribution in [2.75, 3.05) is 13.2 Å². The second-order valence-corrected chi connectivity index (χ2v) is 19.9. The molecule has 0 rings (SSSR count). The Morgan fingerprint density at radius 2 is 0.565 bits per heavy atom. The van der Waals surface area contributed by atoms with E-state index in [1.54, 1.807) is 0 Å². The SMILES string of the molecule is CC/C=C\C/C=C\C/C=C\C/C=C\CCCCCCCCCCCCC(=O)OCC(COC(=O)CCCCCCC/C=C\CCCCC)OC(=O)CCCCCCCCCCCCCCCCCC. The zero-order valence-electron chi connectivity index (χ0n) is 45.8. The number of rotatable bonds is 54. The number of esters is 3. The van der Waals surface area contributed by atoms with Gasteiger partial charge < -0.3 is 14.2 Å². The third-order valence-electron chi connectivity index (χ3n) is 13.0. The maximum Gasteiger partial charge on any atom is 0.306 e. The molecule has 0 aromatic heterocycles. The molecule has 0 aliphatic rings. The van der Waals surface area contributed by atoms with Crippen LogP contribution in [0.2, 0.25) is 0 Å². The fourth-order valence-electron chi connectivity index (χ4n) is 8.55. The molecule has 1 atom stereocenters. The van der Waals surface area contributed by atoms with Crippen molar-refractivity contribution < 1.29 is 28.6 Å². The fraction of sp³-hybridized carbons (Fsp3) is 0.794. The van der Waals surface area contributed by atoms with E-state index in [-0.39, 0.29) is 31.1 Å². The number of hydrogen-bond donors (Lipinski definition) is 0. The summed E-state index contributed by atoms with van der Waals surface area (Å²) in [6.07, 6.45) is 72.1. The van der Waals surface area contributed by atoms with Crippen LogP contribution < -0.4 is 0 Å². The first kappa shape index (κ1) is 66.1. The lowest BCUT2D eigenvalue weighted by atomic mass is 10.0. The highest BCUT2D eigenvalue weighted by atomic mass is 16.6. The lowest BCUT2D eigenvalue weighted by molar-refractivity contribution is -0.167. The summed E-state index contributed by atoms with van der Waals surface area (Å²) < 4.78 is 16.9. The maximum absolute atomic E-state index is 12.9. The van der Waals surface area contributed by atoms with E-state index in [9.17, 15) is 14.4 Å². The minimum absolute atomic E-state index is 0.0761. The standard InChI is InChI=1S/C63H112O6/c1-4-7-10-13-16-19-22-25-27-29-30-31-32-33-34-35-37-38-41-44-47-50-53-56-62(65)68-59-60(58-67-61(64)55-52-49-46-43-40-24-21-18-15-12-9-6-3)69-63(66)57-54-51-48-45-42-39-36-28-26-23-20-17-14-11-8-5-2/h7,10,16,18-19,21,25,27,30-31,60H,4-6,8-9,11-15,17,20,22-24,26,28-29,32-59H2,1-3H3/b10-7-,19-16-,21-18-,27-25-,31-30-. The molecule has 0 saturated carbocycles. The van der Waals surface area contributed by atoms with Crippen molar-refractivity contribution in [2.45, 2.75) is 309 Å². The third-order valence-corrected chi connectivity index (χ3v) is 13.0. The van der Waals surface area contributed by atoms with Crippen molar-refractivity contribution in [3.8, 4) is 0 Å². The highest BCUT2D eigenvalue weighted by Gasteiger charge is 2.19. The Bertz CT molecular complexity index is 1250. The van der Waals surface area contributed by atoms with Crippen molar-refractivity contribution >= 4 is 17.9 Å². The topological polar surface area (TPSA) is 78.9 Å². The Balaban J connectivity index is 4.29. The molecule has 0 heterocycles. The van der Waals surface area contributed by atoms with Gasteiger partial charge in [0.15, 0.2) is 6.10 Å². The number of hydrogen-bond acceptors (Lipinski definition) is 6. The highest BCUT2D eigenvalue weighted by Crippen LogP contribution is 2.16. The maximum atomic E-state index is 12.9. The highest BCUT2D eigenvalue weighted by molar-refractivity contribution is 5.71. The van der Waals surface area contributed by atoms with E-state index >= 15 is 0 Å². The predicted octanol–water partition coefficient (Wildman–Crippen LogP) is 20.0.